The molecule has 0 radical (unpaired) electrons. The maximum Gasteiger partial charge on any atom is 0.0906 e. The van der Waals surface area contributed by atoms with E-state index in [1.54, 1.807) is 0 Å². The molecular formula is C9H19ClFN. The smallest absolute Gasteiger partial charge is 0.0906 e. The Hall–Kier alpha value is 0.180. The highest BCUT2D eigenvalue weighted by Crippen LogP contribution is 2.09. The maximum atomic E-state index is 11.8. The van der Waals surface area contributed by atoms with Crippen LogP contribution in [0.3, 0.4) is 0 Å². The molecule has 0 aliphatic carbocycles. The van der Waals surface area contributed by atoms with E-state index in [1.807, 2.05) is 0 Å². The van der Waals surface area contributed by atoms with Gasteiger partial charge in [0.05, 0.1) is 6.67 Å². The van der Waals surface area contributed by atoms with Crippen LogP contribution in [0.4, 0.5) is 4.39 Å². The largest absolute Gasteiger partial charge is 0.303 e. The number of hydrogen-bond donors (Lipinski definition) is 0. The second-order valence-electron chi connectivity index (χ2n) is 3.30. The molecule has 1 rings (SSSR count). The van der Waals surface area contributed by atoms with Gasteiger partial charge in [0.25, 0.3) is 0 Å². The van der Waals surface area contributed by atoms with Crippen molar-refractivity contribution in [3.63, 3.8) is 0 Å². The molecule has 1 aliphatic heterocycles. The Morgan fingerprint density at radius 2 is 1.58 bits per heavy atom. The van der Waals surface area contributed by atoms with Gasteiger partial charge in [0.1, 0.15) is 0 Å². The Balaban J connectivity index is 0.00000121. The Morgan fingerprint density at radius 3 is 2.08 bits per heavy atom. The fourth-order valence-corrected chi connectivity index (χ4v) is 1.64. The summed E-state index contributed by atoms with van der Waals surface area (Å²) < 4.78 is 11.8. The number of hydrogen-bond acceptors (Lipinski definition) is 1. The number of nitrogens with zero attached hydrogens (tertiary/aromatic N) is 1. The Kier molecular flexibility index (Phi) is 7.93. The third-order valence-corrected chi connectivity index (χ3v) is 2.31. The first-order chi connectivity index (χ1) is 5.43. The Morgan fingerprint density at radius 1 is 1.00 bits per heavy atom. The zero-order valence-electron chi connectivity index (χ0n) is 7.60. The van der Waals surface area contributed by atoms with Crippen LogP contribution in [-0.2, 0) is 0 Å². The van der Waals surface area contributed by atoms with Crippen molar-refractivity contribution in [2.75, 3.05) is 26.3 Å². The van der Waals surface area contributed by atoms with E-state index in [0.29, 0.717) is 0 Å². The van der Waals surface area contributed by atoms with Crippen LogP contribution in [0.1, 0.15) is 32.1 Å². The molecule has 1 heterocycles. The molecule has 3 heteroatoms. The molecule has 1 aliphatic rings. The van der Waals surface area contributed by atoms with Crippen LogP contribution < -0.4 is 0 Å². The molecule has 0 spiro atoms. The topological polar surface area (TPSA) is 3.24 Å². The first kappa shape index (κ1) is 12.2. The molecule has 0 bridgehead atoms. The van der Waals surface area contributed by atoms with Gasteiger partial charge in [-0.2, -0.15) is 0 Å². The molecule has 0 aromatic heterocycles. The summed E-state index contributed by atoms with van der Waals surface area (Å²) in [7, 11) is 0. The number of alkyl halides is 1. The van der Waals surface area contributed by atoms with Crippen molar-refractivity contribution in [1.29, 1.82) is 0 Å². The Labute approximate surface area is 80.7 Å². The standard InChI is InChI=1S/C9H18FN.ClH/c10-6-5-9-11-7-3-1-2-4-8-11;/h1-9H2;1H. The first-order valence-corrected chi connectivity index (χ1v) is 4.72. The van der Waals surface area contributed by atoms with E-state index in [9.17, 15) is 4.39 Å². The molecule has 1 fully saturated rings. The van der Waals surface area contributed by atoms with E-state index in [4.69, 9.17) is 0 Å². The van der Waals surface area contributed by atoms with Gasteiger partial charge in [0.2, 0.25) is 0 Å². The van der Waals surface area contributed by atoms with Crippen LogP contribution in [0.2, 0.25) is 0 Å². The lowest BCUT2D eigenvalue weighted by atomic mass is 10.2. The molecule has 0 aromatic carbocycles. The van der Waals surface area contributed by atoms with Crippen LogP contribution in [-0.4, -0.2) is 31.2 Å². The summed E-state index contributed by atoms with van der Waals surface area (Å²) in [5.74, 6) is 0. The van der Waals surface area contributed by atoms with E-state index < -0.39 is 0 Å². The molecule has 0 unspecified atom stereocenters. The van der Waals surface area contributed by atoms with Crippen molar-refractivity contribution in [2.24, 2.45) is 0 Å². The number of rotatable bonds is 3. The minimum absolute atomic E-state index is 0. The molecule has 0 N–H and O–H groups in total. The van der Waals surface area contributed by atoms with Gasteiger partial charge >= 0.3 is 0 Å². The van der Waals surface area contributed by atoms with Crippen molar-refractivity contribution in [3.8, 4) is 0 Å². The summed E-state index contributed by atoms with van der Waals surface area (Å²) in [5.41, 5.74) is 0. The third kappa shape index (κ3) is 4.94. The molecule has 1 nitrogen and oxygen atoms in total. The van der Waals surface area contributed by atoms with Gasteiger partial charge in [0, 0.05) is 6.54 Å². The highest BCUT2D eigenvalue weighted by atomic mass is 35.5. The molecule has 0 atom stereocenters. The van der Waals surface area contributed by atoms with Gasteiger partial charge in [-0.15, -0.1) is 12.4 Å². The predicted octanol–water partition coefficient (Wildman–Crippen LogP) is 2.64. The molecule has 1 saturated heterocycles. The quantitative estimate of drug-likeness (QED) is 0.670. The predicted molar refractivity (Wildman–Crippen MR) is 52.7 cm³/mol. The summed E-state index contributed by atoms with van der Waals surface area (Å²) in [4.78, 5) is 2.40. The zero-order chi connectivity index (χ0) is 7.94. The number of halogens is 2. The van der Waals surface area contributed by atoms with Crippen LogP contribution in [0.5, 0.6) is 0 Å². The van der Waals surface area contributed by atoms with Crippen molar-refractivity contribution in [3.05, 3.63) is 0 Å². The summed E-state index contributed by atoms with van der Waals surface area (Å²) in [5, 5.41) is 0. The SMILES string of the molecule is Cl.FCCCN1CCCCCC1. The summed E-state index contributed by atoms with van der Waals surface area (Å²) >= 11 is 0. The molecule has 12 heavy (non-hydrogen) atoms. The van der Waals surface area contributed by atoms with Gasteiger partial charge < -0.3 is 4.90 Å². The van der Waals surface area contributed by atoms with Crippen LogP contribution in [0.15, 0.2) is 0 Å². The van der Waals surface area contributed by atoms with E-state index in [1.165, 1.54) is 38.8 Å². The highest BCUT2D eigenvalue weighted by Gasteiger charge is 2.07. The summed E-state index contributed by atoms with van der Waals surface area (Å²) in [6.45, 7) is 3.20. The van der Waals surface area contributed by atoms with E-state index in [2.05, 4.69) is 4.90 Å². The summed E-state index contributed by atoms with van der Waals surface area (Å²) in [6.07, 6.45) is 6.08. The van der Waals surface area contributed by atoms with Crippen molar-refractivity contribution >= 4 is 12.4 Å². The first-order valence-electron chi connectivity index (χ1n) is 4.72. The van der Waals surface area contributed by atoms with E-state index in [0.717, 1.165) is 13.0 Å². The van der Waals surface area contributed by atoms with Crippen molar-refractivity contribution in [2.45, 2.75) is 32.1 Å². The van der Waals surface area contributed by atoms with Crippen molar-refractivity contribution in [1.82, 2.24) is 4.90 Å². The second kappa shape index (κ2) is 7.81. The number of likely N-dealkylation sites (tertiary alicyclic amines) is 1. The molecule has 0 amide bonds. The maximum absolute atomic E-state index is 11.8. The van der Waals surface area contributed by atoms with Crippen LogP contribution >= 0.6 is 12.4 Å². The van der Waals surface area contributed by atoms with Gasteiger partial charge in [-0.1, -0.05) is 12.8 Å². The second-order valence-corrected chi connectivity index (χ2v) is 3.30. The molecular weight excluding hydrogens is 177 g/mol. The molecule has 0 saturated carbocycles. The normalized spacial score (nSPS) is 19.8. The average molecular weight is 196 g/mol. The lowest BCUT2D eigenvalue weighted by Gasteiger charge is -2.18. The third-order valence-electron chi connectivity index (χ3n) is 2.31. The molecule has 0 aromatic rings. The lowest BCUT2D eigenvalue weighted by Crippen LogP contribution is -2.25. The Bertz CT molecular complexity index is 92.5. The fraction of sp³-hybridized carbons (Fsp3) is 1.00. The van der Waals surface area contributed by atoms with Gasteiger partial charge in [-0.05, 0) is 32.4 Å². The average Bonchev–Trinajstić information content (AvgIpc) is 2.28. The monoisotopic (exact) mass is 195 g/mol. The molecule has 74 valence electrons. The van der Waals surface area contributed by atoms with Crippen molar-refractivity contribution < 1.29 is 4.39 Å². The zero-order valence-corrected chi connectivity index (χ0v) is 8.41. The highest BCUT2D eigenvalue weighted by molar-refractivity contribution is 5.85. The minimum Gasteiger partial charge on any atom is -0.303 e. The minimum atomic E-state index is -0.156. The van der Waals surface area contributed by atoms with Gasteiger partial charge in [-0.3, -0.25) is 4.39 Å². The fourth-order valence-electron chi connectivity index (χ4n) is 1.64. The van der Waals surface area contributed by atoms with E-state index >= 15 is 0 Å². The van der Waals surface area contributed by atoms with Crippen LogP contribution in [0, 0.1) is 0 Å². The van der Waals surface area contributed by atoms with Crippen LogP contribution in [0.25, 0.3) is 0 Å². The van der Waals surface area contributed by atoms with Gasteiger partial charge in [0.15, 0.2) is 0 Å². The van der Waals surface area contributed by atoms with E-state index in [-0.39, 0.29) is 19.1 Å². The van der Waals surface area contributed by atoms with Gasteiger partial charge in [-0.25, -0.2) is 0 Å². The lowest BCUT2D eigenvalue weighted by molar-refractivity contribution is 0.268. The summed E-state index contributed by atoms with van der Waals surface area (Å²) in [6, 6.07) is 0.